The topological polar surface area (TPSA) is 64.9 Å². The lowest BCUT2D eigenvalue weighted by Crippen LogP contribution is -2.18. The highest BCUT2D eigenvalue weighted by atomic mass is 32.2. The lowest BCUT2D eigenvalue weighted by Gasteiger charge is -2.25. The fraction of sp³-hybridized carbons (Fsp3) is 0.450. The average Bonchev–Trinajstić information content (AvgIpc) is 3.41. The number of hydrogen-bond donors (Lipinski definition) is 1. The van der Waals surface area contributed by atoms with Gasteiger partial charge in [-0.25, -0.2) is 4.98 Å². The van der Waals surface area contributed by atoms with Crippen LogP contribution < -0.4 is 10.1 Å². The number of aromatic nitrogens is 4. The van der Waals surface area contributed by atoms with Crippen LogP contribution in [0.4, 0.5) is 5.69 Å². The molecule has 1 fully saturated rings. The highest BCUT2D eigenvalue weighted by Crippen LogP contribution is 2.33. The van der Waals surface area contributed by atoms with E-state index in [-0.39, 0.29) is 0 Å². The first-order valence-electron chi connectivity index (χ1n) is 9.65. The maximum Gasteiger partial charge on any atom is 0.191 e. The Kier molecular flexibility index (Phi) is 6.49. The van der Waals surface area contributed by atoms with Crippen molar-refractivity contribution >= 4 is 28.8 Å². The summed E-state index contributed by atoms with van der Waals surface area (Å²) in [5.41, 5.74) is 4.00. The van der Waals surface area contributed by atoms with Crippen LogP contribution in [-0.4, -0.2) is 26.9 Å². The maximum absolute atomic E-state index is 5.32. The van der Waals surface area contributed by atoms with E-state index in [1.165, 1.54) is 32.1 Å². The van der Waals surface area contributed by atoms with Crippen LogP contribution in [0.25, 0.3) is 0 Å². The Hall–Kier alpha value is -2.06. The van der Waals surface area contributed by atoms with Gasteiger partial charge in [0, 0.05) is 28.9 Å². The molecule has 28 heavy (non-hydrogen) atoms. The average molecular weight is 416 g/mol. The summed E-state index contributed by atoms with van der Waals surface area (Å²) in [7, 11) is 1.69. The SMILES string of the molecule is COc1cccc(NCc2nnc(SCc3cscn3)n2C2CCCCC2)c1. The van der Waals surface area contributed by atoms with E-state index < -0.39 is 0 Å². The predicted molar refractivity (Wildman–Crippen MR) is 114 cm³/mol. The number of rotatable bonds is 8. The Labute approximate surface area is 173 Å². The van der Waals surface area contributed by atoms with Crippen molar-refractivity contribution in [2.45, 2.75) is 55.6 Å². The van der Waals surface area contributed by atoms with Gasteiger partial charge in [-0.15, -0.1) is 21.5 Å². The zero-order valence-electron chi connectivity index (χ0n) is 16.0. The van der Waals surface area contributed by atoms with Gasteiger partial charge in [-0.1, -0.05) is 37.1 Å². The lowest BCUT2D eigenvalue weighted by molar-refractivity contribution is 0.330. The van der Waals surface area contributed by atoms with E-state index in [9.17, 15) is 0 Å². The van der Waals surface area contributed by atoms with Crippen molar-refractivity contribution in [2.75, 3.05) is 12.4 Å². The molecule has 0 unspecified atom stereocenters. The summed E-state index contributed by atoms with van der Waals surface area (Å²) in [6, 6.07) is 8.47. The van der Waals surface area contributed by atoms with Crippen molar-refractivity contribution in [2.24, 2.45) is 0 Å². The van der Waals surface area contributed by atoms with Crippen LogP contribution in [-0.2, 0) is 12.3 Å². The van der Waals surface area contributed by atoms with E-state index in [1.54, 1.807) is 30.2 Å². The van der Waals surface area contributed by atoms with Gasteiger partial charge in [0.25, 0.3) is 0 Å². The Morgan fingerprint density at radius 1 is 1.25 bits per heavy atom. The third-order valence-corrected chi connectivity index (χ3v) is 6.64. The molecular weight excluding hydrogens is 390 g/mol. The van der Waals surface area contributed by atoms with Crippen LogP contribution in [0, 0.1) is 0 Å². The molecule has 2 heterocycles. The number of benzene rings is 1. The molecule has 6 nitrogen and oxygen atoms in total. The second-order valence-electron chi connectivity index (χ2n) is 6.91. The molecule has 148 valence electrons. The molecule has 0 aliphatic heterocycles. The van der Waals surface area contributed by atoms with E-state index in [0.717, 1.165) is 33.9 Å². The molecule has 1 aromatic carbocycles. The molecule has 8 heteroatoms. The highest BCUT2D eigenvalue weighted by Gasteiger charge is 2.23. The summed E-state index contributed by atoms with van der Waals surface area (Å²) in [5, 5.41) is 15.6. The Morgan fingerprint density at radius 3 is 2.93 bits per heavy atom. The van der Waals surface area contributed by atoms with E-state index >= 15 is 0 Å². The summed E-state index contributed by atoms with van der Waals surface area (Å²) in [5.74, 6) is 2.67. The second kappa shape index (κ2) is 9.43. The molecule has 0 bridgehead atoms. The van der Waals surface area contributed by atoms with Gasteiger partial charge >= 0.3 is 0 Å². The van der Waals surface area contributed by atoms with Crippen molar-refractivity contribution in [3.63, 3.8) is 0 Å². The van der Waals surface area contributed by atoms with Crippen LogP contribution in [0.15, 0.2) is 40.3 Å². The molecule has 0 radical (unpaired) electrons. The van der Waals surface area contributed by atoms with Gasteiger partial charge in [-0.2, -0.15) is 0 Å². The number of thioether (sulfide) groups is 1. The number of ether oxygens (including phenoxy) is 1. The molecule has 1 aliphatic carbocycles. The van der Waals surface area contributed by atoms with Gasteiger partial charge in [0.1, 0.15) is 5.75 Å². The smallest absolute Gasteiger partial charge is 0.191 e. The van der Waals surface area contributed by atoms with Gasteiger partial charge in [0.2, 0.25) is 0 Å². The van der Waals surface area contributed by atoms with Crippen LogP contribution in [0.5, 0.6) is 5.75 Å². The van der Waals surface area contributed by atoms with Crippen molar-refractivity contribution in [3.8, 4) is 5.75 Å². The standard InChI is InChI=1S/C20H25N5OS2/c1-26-18-9-5-6-15(10-18)21-11-19-23-24-20(28-13-16-12-27-14-22-16)25(19)17-7-3-2-4-8-17/h5-6,9-10,12,14,17,21H,2-4,7-8,11,13H2,1H3. The van der Waals surface area contributed by atoms with Crippen LogP contribution in [0.3, 0.4) is 0 Å². The van der Waals surface area contributed by atoms with Crippen molar-refractivity contribution in [3.05, 3.63) is 46.7 Å². The number of methoxy groups -OCH3 is 1. The molecule has 1 N–H and O–H groups in total. The minimum Gasteiger partial charge on any atom is -0.497 e. The number of nitrogens with one attached hydrogen (secondary N) is 1. The third kappa shape index (κ3) is 4.67. The third-order valence-electron chi connectivity index (χ3n) is 5.03. The van der Waals surface area contributed by atoms with E-state index in [2.05, 4.69) is 30.4 Å². The highest BCUT2D eigenvalue weighted by molar-refractivity contribution is 7.98. The van der Waals surface area contributed by atoms with E-state index in [0.29, 0.717) is 12.6 Å². The largest absolute Gasteiger partial charge is 0.497 e. The van der Waals surface area contributed by atoms with E-state index in [4.69, 9.17) is 4.74 Å². The molecule has 0 atom stereocenters. The molecule has 1 saturated carbocycles. The number of anilines is 1. The molecule has 2 aromatic heterocycles. The minimum absolute atomic E-state index is 0.490. The van der Waals surface area contributed by atoms with Crippen molar-refractivity contribution in [1.29, 1.82) is 0 Å². The predicted octanol–water partition coefficient (Wildman–Crippen LogP) is 5.15. The van der Waals surface area contributed by atoms with Gasteiger partial charge in [0.05, 0.1) is 24.9 Å². The Bertz CT molecular complexity index is 875. The summed E-state index contributed by atoms with van der Waals surface area (Å²) in [6.45, 7) is 0.647. The fourth-order valence-electron chi connectivity index (χ4n) is 3.59. The van der Waals surface area contributed by atoms with E-state index in [1.807, 2.05) is 29.8 Å². The monoisotopic (exact) mass is 415 g/mol. The number of hydrogen-bond acceptors (Lipinski definition) is 7. The quantitative estimate of drug-likeness (QED) is 0.513. The summed E-state index contributed by atoms with van der Waals surface area (Å²) in [4.78, 5) is 4.39. The Balaban J connectivity index is 1.51. The molecular formula is C20H25N5OS2. The number of nitrogens with zero attached hydrogens (tertiary/aromatic N) is 4. The molecule has 0 amide bonds. The fourth-order valence-corrected chi connectivity index (χ4v) is 5.18. The van der Waals surface area contributed by atoms with Crippen LogP contribution in [0.2, 0.25) is 0 Å². The minimum atomic E-state index is 0.490. The van der Waals surface area contributed by atoms with Gasteiger partial charge < -0.3 is 14.6 Å². The van der Waals surface area contributed by atoms with Gasteiger partial charge in [-0.3, -0.25) is 0 Å². The van der Waals surface area contributed by atoms with Gasteiger partial charge in [0.15, 0.2) is 11.0 Å². The lowest BCUT2D eigenvalue weighted by atomic mass is 9.95. The first-order valence-corrected chi connectivity index (χ1v) is 11.6. The summed E-state index contributed by atoms with van der Waals surface area (Å²) < 4.78 is 7.68. The van der Waals surface area contributed by atoms with Crippen molar-refractivity contribution < 1.29 is 4.74 Å². The van der Waals surface area contributed by atoms with Crippen LogP contribution >= 0.6 is 23.1 Å². The first-order chi connectivity index (χ1) is 13.8. The summed E-state index contributed by atoms with van der Waals surface area (Å²) >= 11 is 3.37. The molecule has 3 aromatic rings. The zero-order chi connectivity index (χ0) is 19.2. The molecule has 4 rings (SSSR count). The van der Waals surface area contributed by atoms with Crippen molar-refractivity contribution in [1.82, 2.24) is 19.7 Å². The zero-order valence-corrected chi connectivity index (χ0v) is 17.6. The van der Waals surface area contributed by atoms with Crippen LogP contribution in [0.1, 0.15) is 49.7 Å². The normalized spacial score (nSPS) is 14.9. The molecule has 1 aliphatic rings. The molecule has 0 saturated heterocycles. The first kappa shape index (κ1) is 19.3. The summed E-state index contributed by atoms with van der Waals surface area (Å²) in [6.07, 6.45) is 6.30. The maximum atomic E-state index is 5.32. The van der Waals surface area contributed by atoms with Gasteiger partial charge in [-0.05, 0) is 25.0 Å². The molecule has 0 spiro atoms. The second-order valence-corrected chi connectivity index (χ2v) is 8.58. The number of thiazole rings is 1. The Morgan fingerprint density at radius 2 is 2.14 bits per heavy atom.